The zero-order chi connectivity index (χ0) is 16.4. The van der Waals surface area contributed by atoms with Crippen LogP contribution >= 0.6 is 0 Å². The molecule has 4 rings (SSSR count). The zero-order valence-electron chi connectivity index (χ0n) is 14.0. The predicted octanol–water partition coefficient (Wildman–Crippen LogP) is 2.82. The van der Waals surface area contributed by atoms with E-state index in [1.807, 2.05) is 0 Å². The maximum Gasteiger partial charge on any atom is 0.272 e. The summed E-state index contributed by atoms with van der Waals surface area (Å²) in [5, 5.41) is 10.3. The molecule has 1 aliphatic carbocycles. The first-order chi connectivity index (χ1) is 11.8. The van der Waals surface area contributed by atoms with E-state index in [0.29, 0.717) is 12.2 Å². The van der Waals surface area contributed by atoms with Crippen molar-refractivity contribution in [2.75, 3.05) is 18.0 Å². The number of rotatable bonds is 4. The highest BCUT2D eigenvalue weighted by molar-refractivity contribution is 5.94. The summed E-state index contributed by atoms with van der Waals surface area (Å²) in [6.07, 6.45) is 6.83. The number of nitrogens with zero attached hydrogens (tertiary/aromatic N) is 2. The van der Waals surface area contributed by atoms with E-state index in [1.165, 1.54) is 24.9 Å². The molecule has 1 aromatic carbocycles. The molecule has 126 valence electrons. The fourth-order valence-electron chi connectivity index (χ4n) is 3.77. The van der Waals surface area contributed by atoms with Crippen LogP contribution in [0.1, 0.15) is 53.0 Å². The molecule has 0 unspecified atom stereocenters. The van der Waals surface area contributed by atoms with Crippen molar-refractivity contribution in [1.82, 2.24) is 15.5 Å². The zero-order valence-corrected chi connectivity index (χ0v) is 14.0. The lowest BCUT2D eigenvalue weighted by atomic mass is 9.96. The van der Waals surface area contributed by atoms with E-state index in [9.17, 15) is 4.79 Å². The van der Waals surface area contributed by atoms with Crippen molar-refractivity contribution < 1.29 is 4.79 Å². The summed E-state index contributed by atoms with van der Waals surface area (Å²) in [6, 6.07) is 8.48. The van der Waals surface area contributed by atoms with Gasteiger partial charge in [-0.1, -0.05) is 12.1 Å². The SMILES string of the molecule is O=C(NCc1cccc(N2CCCC2)c1)c1n[nH]c2c1CCCC2. The molecule has 1 aromatic heterocycles. The maximum atomic E-state index is 12.5. The van der Waals surface area contributed by atoms with E-state index in [1.54, 1.807) is 0 Å². The third-order valence-electron chi connectivity index (χ3n) is 5.11. The van der Waals surface area contributed by atoms with E-state index < -0.39 is 0 Å². The molecule has 0 spiro atoms. The Bertz CT molecular complexity index is 731. The van der Waals surface area contributed by atoms with E-state index in [0.717, 1.165) is 49.2 Å². The highest BCUT2D eigenvalue weighted by Crippen LogP contribution is 2.23. The predicted molar refractivity (Wildman–Crippen MR) is 94.3 cm³/mol. The van der Waals surface area contributed by atoms with Crippen molar-refractivity contribution in [2.24, 2.45) is 0 Å². The summed E-state index contributed by atoms with van der Waals surface area (Å²) in [4.78, 5) is 14.9. The van der Waals surface area contributed by atoms with E-state index in [-0.39, 0.29) is 5.91 Å². The Labute approximate surface area is 142 Å². The van der Waals surface area contributed by atoms with Gasteiger partial charge in [-0.25, -0.2) is 0 Å². The van der Waals surface area contributed by atoms with Crippen LogP contribution in [0.4, 0.5) is 5.69 Å². The highest BCUT2D eigenvalue weighted by Gasteiger charge is 2.21. The topological polar surface area (TPSA) is 61.0 Å². The highest BCUT2D eigenvalue weighted by atomic mass is 16.1. The minimum absolute atomic E-state index is 0.0685. The third kappa shape index (κ3) is 3.03. The van der Waals surface area contributed by atoms with Crippen molar-refractivity contribution in [3.8, 4) is 0 Å². The Kier molecular flexibility index (Phi) is 4.24. The molecule has 5 nitrogen and oxygen atoms in total. The number of hydrogen-bond donors (Lipinski definition) is 2. The summed E-state index contributed by atoms with van der Waals surface area (Å²) in [6.45, 7) is 2.81. The molecule has 1 saturated heterocycles. The Morgan fingerprint density at radius 3 is 2.88 bits per heavy atom. The van der Waals surface area contributed by atoms with E-state index >= 15 is 0 Å². The van der Waals surface area contributed by atoms with Gasteiger partial charge in [0, 0.05) is 36.6 Å². The Hall–Kier alpha value is -2.30. The molecule has 1 amide bonds. The normalized spacial score (nSPS) is 16.9. The number of carbonyl (C=O) groups excluding carboxylic acids is 1. The molecule has 1 fully saturated rings. The molecule has 1 aliphatic heterocycles. The number of anilines is 1. The second kappa shape index (κ2) is 6.67. The Balaban J connectivity index is 1.42. The Morgan fingerprint density at radius 1 is 1.17 bits per heavy atom. The fraction of sp³-hybridized carbons (Fsp3) is 0.474. The summed E-state index contributed by atoms with van der Waals surface area (Å²) in [5.74, 6) is -0.0685. The van der Waals surface area contributed by atoms with Crippen molar-refractivity contribution in [3.05, 3.63) is 46.8 Å². The monoisotopic (exact) mass is 324 g/mol. The van der Waals surface area contributed by atoms with Crippen LogP contribution in [0, 0.1) is 0 Å². The van der Waals surface area contributed by atoms with Gasteiger partial charge in [0.15, 0.2) is 5.69 Å². The van der Waals surface area contributed by atoms with Gasteiger partial charge in [0.2, 0.25) is 0 Å². The molecule has 5 heteroatoms. The molecule has 0 radical (unpaired) electrons. The molecule has 24 heavy (non-hydrogen) atoms. The summed E-state index contributed by atoms with van der Waals surface area (Å²) >= 11 is 0. The molecule has 0 bridgehead atoms. The van der Waals surface area contributed by atoms with Crippen LogP contribution in [0.25, 0.3) is 0 Å². The number of aromatic nitrogens is 2. The summed E-state index contributed by atoms with van der Waals surface area (Å²) in [5.41, 5.74) is 5.24. The van der Waals surface area contributed by atoms with E-state index in [4.69, 9.17) is 0 Å². The number of benzene rings is 1. The lowest BCUT2D eigenvalue weighted by Gasteiger charge is -2.18. The average Bonchev–Trinajstić information content (AvgIpc) is 3.29. The smallest absolute Gasteiger partial charge is 0.272 e. The fourth-order valence-corrected chi connectivity index (χ4v) is 3.77. The van der Waals surface area contributed by atoms with Crippen molar-refractivity contribution >= 4 is 11.6 Å². The number of aromatic amines is 1. The quantitative estimate of drug-likeness (QED) is 0.909. The molecule has 2 N–H and O–H groups in total. The van der Waals surface area contributed by atoms with Crippen LogP contribution in [0.3, 0.4) is 0 Å². The van der Waals surface area contributed by atoms with Gasteiger partial charge in [0.25, 0.3) is 5.91 Å². The lowest BCUT2D eigenvalue weighted by molar-refractivity contribution is 0.0945. The van der Waals surface area contributed by atoms with Crippen molar-refractivity contribution in [2.45, 2.75) is 45.1 Å². The number of hydrogen-bond acceptors (Lipinski definition) is 3. The third-order valence-corrected chi connectivity index (χ3v) is 5.11. The Morgan fingerprint density at radius 2 is 2.00 bits per heavy atom. The molecular formula is C19H24N4O. The van der Waals surface area contributed by atoms with Gasteiger partial charge in [0.05, 0.1) is 0 Å². The standard InChI is InChI=1S/C19H24N4O/c24-19(18-16-8-1-2-9-17(16)21-22-18)20-13-14-6-5-7-15(12-14)23-10-3-4-11-23/h5-7,12H,1-4,8-11,13H2,(H,20,24)(H,21,22). The van der Waals surface area contributed by atoms with E-state index in [2.05, 4.69) is 44.7 Å². The second-order valence-electron chi connectivity index (χ2n) is 6.78. The molecule has 2 heterocycles. The summed E-state index contributed by atoms with van der Waals surface area (Å²) < 4.78 is 0. The molecule has 0 atom stereocenters. The van der Waals surface area contributed by atoms with Crippen LogP contribution in [0.15, 0.2) is 24.3 Å². The first-order valence-corrected chi connectivity index (χ1v) is 8.99. The number of nitrogens with one attached hydrogen (secondary N) is 2. The van der Waals surface area contributed by atoms with Crippen molar-refractivity contribution in [3.63, 3.8) is 0 Å². The van der Waals surface area contributed by atoms with Gasteiger partial charge in [-0.15, -0.1) is 0 Å². The van der Waals surface area contributed by atoms with Gasteiger partial charge in [0.1, 0.15) is 0 Å². The van der Waals surface area contributed by atoms with Gasteiger partial charge < -0.3 is 10.2 Å². The largest absolute Gasteiger partial charge is 0.372 e. The number of amides is 1. The maximum absolute atomic E-state index is 12.5. The van der Waals surface area contributed by atoms with Gasteiger partial charge in [-0.05, 0) is 56.2 Å². The lowest BCUT2D eigenvalue weighted by Crippen LogP contribution is -2.25. The molecule has 2 aliphatic rings. The van der Waals surface area contributed by atoms with Crippen LogP contribution in [-0.2, 0) is 19.4 Å². The molecular weight excluding hydrogens is 300 g/mol. The average molecular weight is 324 g/mol. The number of aryl methyl sites for hydroxylation is 1. The minimum atomic E-state index is -0.0685. The van der Waals surface area contributed by atoms with Crippen LogP contribution in [-0.4, -0.2) is 29.2 Å². The van der Waals surface area contributed by atoms with Crippen molar-refractivity contribution in [1.29, 1.82) is 0 Å². The van der Waals surface area contributed by atoms with Gasteiger partial charge in [-0.3, -0.25) is 9.89 Å². The number of fused-ring (bicyclic) bond motifs is 1. The number of carbonyl (C=O) groups is 1. The second-order valence-corrected chi connectivity index (χ2v) is 6.78. The van der Waals surface area contributed by atoms with Gasteiger partial charge >= 0.3 is 0 Å². The first-order valence-electron chi connectivity index (χ1n) is 8.99. The van der Waals surface area contributed by atoms with Gasteiger partial charge in [-0.2, -0.15) is 5.10 Å². The number of H-pyrrole nitrogens is 1. The molecule has 2 aromatic rings. The molecule has 0 saturated carbocycles. The van der Waals surface area contributed by atoms with Crippen LogP contribution in [0.2, 0.25) is 0 Å². The van der Waals surface area contributed by atoms with Crippen LogP contribution in [0.5, 0.6) is 0 Å². The first kappa shape index (κ1) is 15.2. The minimum Gasteiger partial charge on any atom is -0.372 e. The van der Waals surface area contributed by atoms with Crippen LogP contribution < -0.4 is 10.2 Å². The summed E-state index contributed by atoms with van der Waals surface area (Å²) in [7, 11) is 0.